The lowest BCUT2D eigenvalue weighted by Gasteiger charge is -2.61. The Morgan fingerprint density at radius 2 is 1.58 bits per heavy atom. The zero-order chi connectivity index (χ0) is 27.2. The van der Waals surface area contributed by atoms with Crippen LogP contribution in [0, 0.1) is 46.3 Å². The summed E-state index contributed by atoms with van der Waals surface area (Å²) in [4.78, 5) is 0. The van der Waals surface area contributed by atoms with Gasteiger partial charge in [-0.15, -0.1) is 0 Å². The van der Waals surface area contributed by atoms with Gasteiger partial charge in [0.2, 0.25) is 0 Å². The Kier molecular flexibility index (Phi) is 11.4. The van der Waals surface area contributed by atoms with Crippen molar-refractivity contribution in [1.82, 2.24) is 0 Å². The van der Waals surface area contributed by atoms with E-state index < -0.39 is 0 Å². The van der Waals surface area contributed by atoms with Gasteiger partial charge in [0.15, 0.2) is 0 Å². The molecule has 4 N–H and O–H groups in total. The molecule has 7 heteroatoms. The summed E-state index contributed by atoms with van der Waals surface area (Å²) in [5.41, 5.74) is 7.02. The molecule has 4 aliphatic carbocycles. The predicted octanol–water partition coefficient (Wildman–Crippen LogP) is 5.07. The van der Waals surface area contributed by atoms with Crippen LogP contribution in [-0.4, -0.2) is 62.6 Å². The molecule has 4 aliphatic rings. The largest absolute Gasteiger partial charge is 0.371 e. The van der Waals surface area contributed by atoms with E-state index in [4.69, 9.17) is 34.9 Å². The first-order valence-corrected chi connectivity index (χ1v) is 15.7. The van der Waals surface area contributed by atoms with Crippen LogP contribution in [-0.2, 0) is 18.9 Å². The van der Waals surface area contributed by atoms with Gasteiger partial charge in [0.25, 0.3) is 0 Å². The zero-order valence-corrected chi connectivity index (χ0v) is 24.5. The van der Waals surface area contributed by atoms with E-state index in [9.17, 15) is 0 Å². The van der Waals surface area contributed by atoms with Crippen molar-refractivity contribution < 1.29 is 29.2 Å². The molecule has 0 aromatic heterocycles. The van der Waals surface area contributed by atoms with Crippen LogP contribution in [0.2, 0.25) is 0 Å². The molecule has 4 fully saturated rings. The Morgan fingerprint density at radius 3 is 2.37 bits per heavy atom. The van der Waals surface area contributed by atoms with Gasteiger partial charge in [0.05, 0.1) is 19.3 Å². The van der Waals surface area contributed by atoms with Gasteiger partial charge in [-0.3, -0.25) is 0 Å². The van der Waals surface area contributed by atoms with Crippen molar-refractivity contribution in [3.63, 3.8) is 0 Å². The molecular weight excluding hydrogens is 482 g/mol. The monoisotopic (exact) mass is 539 g/mol. The number of nitrogens with two attached hydrogens (primary N) is 1. The van der Waals surface area contributed by atoms with Crippen molar-refractivity contribution >= 4 is 0 Å². The summed E-state index contributed by atoms with van der Waals surface area (Å²) >= 11 is 0. The van der Waals surface area contributed by atoms with Gasteiger partial charge in [0, 0.05) is 12.6 Å². The van der Waals surface area contributed by atoms with Crippen LogP contribution < -0.4 is 5.73 Å². The van der Waals surface area contributed by atoms with Gasteiger partial charge in [-0.1, -0.05) is 20.8 Å². The van der Waals surface area contributed by atoms with Crippen molar-refractivity contribution in [3.05, 3.63) is 0 Å². The van der Waals surface area contributed by atoms with E-state index in [2.05, 4.69) is 20.8 Å². The lowest BCUT2D eigenvalue weighted by atomic mass is 9.44. The van der Waals surface area contributed by atoms with Gasteiger partial charge < -0.3 is 34.9 Å². The number of hydrogen-bond donors (Lipinski definition) is 3. The average molecular weight is 540 g/mol. The summed E-state index contributed by atoms with van der Waals surface area (Å²) in [6.07, 6.45) is 15.3. The summed E-state index contributed by atoms with van der Waals surface area (Å²) in [7, 11) is 0. The minimum absolute atomic E-state index is 0.0921. The van der Waals surface area contributed by atoms with E-state index in [1.54, 1.807) is 0 Å². The fraction of sp³-hybridized carbons (Fsp3) is 1.00. The molecule has 4 rings (SSSR count). The van der Waals surface area contributed by atoms with Crippen molar-refractivity contribution in [2.24, 2.45) is 52.1 Å². The average Bonchev–Trinajstić information content (AvgIpc) is 3.26. The molecule has 7 nitrogen and oxygen atoms in total. The third kappa shape index (κ3) is 6.78. The lowest BCUT2D eigenvalue weighted by molar-refractivity contribution is -0.158. The number of ether oxygens (including phenoxy) is 4. The first kappa shape index (κ1) is 30.7. The highest BCUT2D eigenvalue weighted by Gasteiger charge is 2.60. The SMILES string of the molecule is C[C@H](CCCOCO)C1CC[C@H]2[C@@H]3CCC4CC(OCOCC(N)CCOCO)CCC4(C)[C@H]3CCC12C. The van der Waals surface area contributed by atoms with E-state index in [0.717, 1.165) is 48.3 Å². The van der Waals surface area contributed by atoms with Crippen LogP contribution in [0.3, 0.4) is 0 Å². The maximum atomic E-state index is 8.91. The summed E-state index contributed by atoms with van der Waals surface area (Å²) < 4.78 is 22.0. The molecular formula is C31H57NO6. The molecule has 222 valence electrons. The second-order valence-corrected chi connectivity index (χ2v) is 13.7. The molecule has 10 atom stereocenters. The summed E-state index contributed by atoms with van der Waals surface area (Å²) in [6, 6.07) is -0.0921. The Bertz CT molecular complexity index is 710. The molecule has 0 aliphatic heterocycles. The minimum atomic E-state index is -0.261. The second kappa shape index (κ2) is 14.1. The second-order valence-electron chi connectivity index (χ2n) is 13.7. The molecule has 38 heavy (non-hydrogen) atoms. The molecule has 0 bridgehead atoms. The predicted molar refractivity (Wildman–Crippen MR) is 148 cm³/mol. The number of rotatable bonds is 15. The van der Waals surface area contributed by atoms with E-state index >= 15 is 0 Å². The molecule has 0 saturated heterocycles. The molecule has 0 aromatic carbocycles. The number of fused-ring (bicyclic) bond motifs is 5. The summed E-state index contributed by atoms with van der Waals surface area (Å²) in [5.74, 6) is 5.04. The molecule has 4 saturated carbocycles. The molecule has 0 amide bonds. The van der Waals surface area contributed by atoms with Gasteiger partial charge in [-0.2, -0.15) is 0 Å². The highest BCUT2D eigenvalue weighted by Crippen LogP contribution is 2.68. The third-order valence-corrected chi connectivity index (χ3v) is 11.9. The first-order valence-electron chi connectivity index (χ1n) is 15.7. The highest BCUT2D eigenvalue weighted by atomic mass is 16.7. The van der Waals surface area contributed by atoms with Crippen LogP contribution in [0.5, 0.6) is 0 Å². The Hall–Kier alpha value is -0.280. The molecule has 0 heterocycles. The Balaban J connectivity index is 1.25. The summed E-state index contributed by atoms with van der Waals surface area (Å²) in [5, 5.41) is 17.6. The van der Waals surface area contributed by atoms with E-state index in [-0.39, 0.29) is 19.6 Å². The van der Waals surface area contributed by atoms with Gasteiger partial charge in [0.1, 0.15) is 20.4 Å². The van der Waals surface area contributed by atoms with Crippen molar-refractivity contribution in [1.29, 1.82) is 0 Å². The van der Waals surface area contributed by atoms with Crippen LogP contribution >= 0.6 is 0 Å². The number of aliphatic hydroxyl groups excluding tert-OH is 2. The van der Waals surface area contributed by atoms with Crippen molar-refractivity contribution in [2.75, 3.05) is 40.2 Å². The fourth-order valence-electron chi connectivity index (χ4n) is 9.84. The third-order valence-electron chi connectivity index (χ3n) is 11.9. The van der Waals surface area contributed by atoms with Gasteiger partial charge >= 0.3 is 0 Å². The van der Waals surface area contributed by atoms with E-state index in [0.29, 0.717) is 50.0 Å². The highest BCUT2D eigenvalue weighted by molar-refractivity contribution is 5.09. The fourth-order valence-corrected chi connectivity index (χ4v) is 9.84. The van der Waals surface area contributed by atoms with Crippen LogP contribution in [0.4, 0.5) is 0 Å². The molecule has 6 unspecified atom stereocenters. The number of aliphatic hydroxyl groups is 2. The molecule has 0 aromatic rings. The van der Waals surface area contributed by atoms with Gasteiger partial charge in [-0.05, 0) is 123 Å². The normalized spacial score (nSPS) is 40.3. The Morgan fingerprint density at radius 1 is 0.842 bits per heavy atom. The van der Waals surface area contributed by atoms with E-state index in [1.165, 1.54) is 57.8 Å². The van der Waals surface area contributed by atoms with Crippen LogP contribution in [0.25, 0.3) is 0 Å². The summed E-state index contributed by atoms with van der Waals surface area (Å²) in [6.45, 7) is 9.26. The van der Waals surface area contributed by atoms with Gasteiger partial charge in [-0.25, -0.2) is 0 Å². The first-order chi connectivity index (χ1) is 18.3. The quantitative estimate of drug-likeness (QED) is 0.197. The van der Waals surface area contributed by atoms with Crippen molar-refractivity contribution in [2.45, 2.75) is 110 Å². The van der Waals surface area contributed by atoms with E-state index in [1.807, 2.05) is 0 Å². The topological polar surface area (TPSA) is 103 Å². The zero-order valence-electron chi connectivity index (χ0n) is 24.5. The van der Waals surface area contributed by atoms with Crippen LogP contribution in [0.1, 0.15) is 97.8 Å². The van der Waals surface area contributed by atoms with Crippen molar-refractivity contribution in [3.8, 4) is 0 Å². The minimum Gasteiger partial charge on any atom is -0.371 e. The lowest BCUT2D eigenvalue weighted by Crippen LogP contribution is -2.54. The maximum absolute atomic E-state index is 8.91. The molecule has 0 spiro atoms. The maximum Gasteiger partial charge on any atom is 0.147 e. The molecule has 0 radical (unpaired) electrons. The van der Waals surface area contributed by atoms with Crippen LogP contribution in [0.15, 0.2) is 0 Å². The number of hydrogen-bond acceptors (Lipinski definition) is 7. The standard InChI is InChI=1S/C31H57NO6/c1-22(5-4-15-35-19-33)27-8-9-28-26-7-6-23-17-25(38-21-37-18-24(32)12-16-36-20-34)10-13-30(23,2)29(26)11-14-31(27,28)3/h22-29,33-34H,4-21,32H2,1-3H3/t22-,23?,24?,25?,26+,27?,28+,29+,30?,31?/m1/s1. The Labute approximate surface area is 231 Å². The smallest absolute Gasteiger partial charge is 0.147 e.